The Morgan fingerprint density at radius 3 is 2.45 bits per heavy atom. The van der Waals surface area contributed by atoms with Gasteiger partial charge in [0, 0.05) is 20.1 Å². The smallest absolute Gasteiger partial charge is 0.119 e. The van der Waals surface area contributed by atoms with Gasteiger partial charge >= 0.3 is 0 Å². The Morgan fingerprint density at radius 2 is 1.85 bits per heavy atom. The highest BCUT2D eigenvalue weighted by Crippen LogP contribution is 2.34. The Morgan fingerprint density at radius 1 is 1.15 bits per heavy atom. The van der Waals surface area contributed by atoms with E-state index in [1.54, 1.807) is 0 Å². The molecule has 106 valence electrons. The molecule has 0 amide bonds. The summed E-state index contributed by atoms with van der Waals surface area (Å²) in [5, 5.41) is 0.705. The Bertz CT molecular complexity index is 569. The lowest BCUT2D eigenvalue weighted by Crippen LogP contribution is -2.02. The van der Waals surface area contributed by atoms with Crippen LogP contribution in [-0.4, -0.2) is 6.61 Å². The van der Waals surface area contributed by atoms with Crippen LogP contribution in [0.1, 0.15) is 29.7 Å². The Labute approximate surface area is 127 Å². The highest BCUT2D eigenvalue weighted by molar-refractivity contribution is 7.09. The fourth-order valence-electron chi connectivity index (χ4n) is 2.10. The Hall–Kier alpha value is -1.08. The van der Waals surface area contributed by atoms with E-state index in [0.29, 0.717) is 11.6 Å². The minimum absolute atomic E-state index is 0.205. The minimum atomic E-state index is -0.205. The molecule has 2 nitrogen and oxygen atoms in total. The third-order valence-electron chi connectivity index (χ3n) is 3.06. The van der Waals surface area contributed by atoms with Gasteiger partial charge in [0.25, 0.3) is 0 Å². The van der Waals surface area contributed by atoms with Crippen LogP contribution < -0.4 is 4.74 Å². The van der Waals surface area contributed by atoms with Crippen molar-refractivity contribution in [1.82, 2.24) is 0 Å². The van der Waals surface area contributed by atoms with Gasteiger partial charge < -0.3 is 9.26 Å². The molecule has 0 aliphatic carbocycles. The third kappa shape index (κ3) is 3.52. The SMILES string of the molecule is CCOc1ccc(C(OP)c2cc(C)ccc2Cl)cc1. The van der Waals surface area contributed by atoms with Gasteiger partial charge in [0.05, 0.1) is 6.61 Å². The van der Waals surface area contributed by atoms with Crippen LogP contribution in [0.2, 0.25) is 5.02 Å². The summed E-state index contributed by atoms with van der Waals surface area (Å²) in [4.78, 5) is 0. The Kier molecular flexibility index (Phi) is 5.42. The number of halogens is 1. The highest BCUT2D eigenvalue weighted by Gasteiger charge is 2.16. The van der Waals surface area contributed by atoms with Crippen LogP contribution in [-0.2, 0) is 4.52 Å². The maximum absolute atomic E-state index is 6.29. The third-order valence-corrected chi connectivity index (χ3v) is 3.68. The van der Waals surface area contributed by atoms with Gasteiger partial charge in [0.2, 0.25) is 0 Å². The van der Waals surface area contributed by atoms with Crippen molar-refractivity contribution in [2.75, 3.05) is 6.61 Å². The largest absolute Gasteiger partial charge is 0.494 e. The van der Waals surface area contributed by atoms with Crippen LogP contribution in [0.5, 0.6) is 5.75 Å². The first-order chi connectivity index (χ1) is 9.65. The molecule has 0 aliphatic rings. The summed E-state index contributed by atoms with van der Waals surface area (Å²) >= 11 is 6.29. The normalized spacial score (nSPS) is 12.2. The molecule has 0 bridgehead atoms. The molecule has 0 N–H and O–H groups in total. The van der Waals surface area contributed by atoms with Gasteiger partial charge in [0.15, 0.2) is 0 Å². The molecule has 2 atom stereocenters. The number of hydrogen-bond donors (Lipinski definition) is 0. The van der Waals surface area contributed by atoms with E-state index in [2.05, 4.69) is 9.47 Å². The van der Waals surface area contributed by atoms with E-state index < -0.39 is 0 Å². The van der Waals surface area contributed by atoms with Crippen molar-refractivity contribution in [3.05, 3.63) is 64.2 Å². The zero-order valence-corrected chi connectivity index (χ0v) is 13.5. The molecule has 2 aromatic carbocycles. The second-order valence-corrected chi connectivity index (χ2v) is 5.22. The van der Waals surface area contributed by atoms with Crippen molar-refractivity contribution in [1.29, 1.82) is 0 Å². The zero-order chi connectivity index (χ0) is 14.5. The first kappa shape index (κ1) is 15.3. The Balaban J connectivity index is 2.34. The van der Waals surface area contributed by atoms with Crippen molar-refractivity contribution in [3.8, 4) is 5.75 Å². The molecule has 0 aliphatic heterocycles. The van der Waals surface area contributed by atoms with Crippen molar-refractivity contribution in [2.24, 2.45) is 0 Å². The fraction of sp³-hybridized carbons (Fsp3) is 0.250. The van der Waals surface area contributed by atoms with E-state index >= 15 is 0 Å². The number of hydrogen-bond acceptors (Lipinski definition) is 2. The molecule has 2 aromatic rings. The topological polar surface area (TPSA) is 18.5 Å². The molecule has 20 heavy (non-hydrogen) atoms. The van der Waals surface area contributed by atoms with Crippen molar-refractivity contribution < 1.29 is 9.26 Å². The number of aryl methyl sites for hydroxylation is 1. The number of ether oxygens (including phenoxy) is 1. The first-order valence-corrected chi connectivity index (χ1v) is 7.35. The molecule has 2 unspecified atom stereocenters. The van der Waals surface area contributed by atoms with Crippen LogP contribution in [0, 0.1) is 6.92 Å². The van der Waals surface area contributed by atoms with Crippen LogP contribution in [0.4, 0.5) is 0 Å². The quantitative estimate of drug-likeness (QED) is 0.728. The second kappa shape index (κ2) is 7.08. The molecule has 0 spiro atoms. The zero-order valence-electron chi connectivity index (χ0n) is 11.6. The van der Waals surface area contributed by atoms with Gasteiger partial charge in [-0.1, -0.05) is 41.4 Å². The summed E-state index contributed by atoms with van der Waals surface area (Å²) in [6.07, 6.45) is -0.205. The summed E-state index contributed by atoms with van der Waals surface area (Å²) in [5.41, 5.74) is 3.16. The predicted molar refractivity (Wildman–Crippen MR) is 86.4 cm³/mol. The number of rotatable bonds is 5. The lowest BCUT2D eigenvalue weighted by Gasteiger charge is -2.18. The molecule has 2 rings (SSSR count). The molecule has 0 fully saturated rings. The fourth-order valence-corrected chi connectivity index (χ4v) is 2.62. The van der Waals surface area contributed by atoms with E-state index in [0.717, 1.165) is 22.4 Å². The lowest BCUT2D eigenvalue weighted by molar-refractivity contribution is 0.293. The van der Waals surface area contributed by atoms with Gasteiger partial charge in [-0.05, 0) is 37.6 Å². The van der Waals surface area contributed by atoms with E-state index in [9.17, 15) is 0 Å². The van der Waals surface area contributed by atoms with Gasteiger partial charge in [0.1, 0.15) is 11.9 Å². The van der Waals surface area contributed by atoms with Gasteiger partial charge in [-0.2, -0.15) is 0 Å². The summed E-state index contributed by atoms with van der Waals surface area (Å²) in [6.45, 7) is 4.67. The van der Waals surface area contributed by atoms with Crippen LogP contribution in [0.15, 0.2) is 42.5 Å². The average Bonchev–Trinajstić information content (AvgIpc) is 2.45. The standard InChI is InChI=1S/C16H18ClO2P/c1-3-18-13-7-5-12(6-8-13)16(19-20)14-10-11(2)4-9-15(14)17/h4-10,16H,3,20H2,1-2H3. The van der Waals surface area contributed by atoms with Crippen LogP contribution in [0.25, 0.3) is 0 Å². The monoisotopic (exact) mass is 308 g/mol. The second-order valence-electron chi connectivity index (χ2n) is 4.54. The van der Waals surface area contributed by atoms with Crippen molar-refractivity contribution in [3.63, 3.8) is 0 Å². The average molecular weight is 309 g/mol. The van der Waals surface area contributed by atoms with E-state index in [-0.39, 0.29) is 6.10 Å². The first-order valence-electron chi connectivity index (χ1n) is 6.50. The predicted octanol–water partition coefficient (Wildman–Crippen LogP) is 4.94. The molecule has 0 saturated carbocycles. The van der Waals surface area contributed by atoms with Gasteiger partial charge in [-0.3, -0.25) is 0 Å². The van der Waals surface area contributed by atoms with Crippen molar-refractivity contribution in [2.45, 2.75) is 20.0 Å². The summed E-state index contributed by atoms with van der Waals surface area (Å²) in [5.74, 6) is 0.856. The highest BCUT2D eigenvalue weighted by atomic mass is 35.5. The molecule has 0 heterocycles. The molecule has 4 heteroatoms. The van der Waals surface area contributed by atoms with E-state index in [1.807, 2.05) is 56.3 Å². The van der Waals surface area contributed by atoms with Crippen LogP contribution in [0.3, 0.4) is 0 Å². The number of benzene rings is 2. The molecule has 0 aromatic heterocycles. The van der Waals surface area contributed by atoms with Gasteiger partial charge in [-0.25, -0.2) is 0 Å². The molecule has 0 saturated heterocycles. The molecule has 0 radical (unpaired) electrons. The summed E-state index contributed by atoms with van der Waals surface area (Å²) in [7, 11) is 2.32. The maximum atomic E-state index is 6.29. The summed E-state index contributed by atoms with van der Waals surface area (Å²) < 4.78 is 11.0. The summed E-state index contributed by atoms with van der Waals surface area (Å²) in [6, 6.07) is 13.8. The van der Waals surface area contributed by atoms with Gasteiger partial charge in [-0.15, -0.1) is 0 Å². The maximum Gasteiger partial charge on any atom is 0.119 e. The van der Waals surface area contributed by atoms with Crippen LogP contribution >= 0.6 is 21.1 Å². The molecular formula is C16H18ClO2P. The van der Waals surface area contributed by atoms with Crippen molar-refractivity contribution >= 4 is 21.1 Å². The van der Waals surface area contributed by atoms with E-state index in [4.69, 9.17) is 20.9 Å². The van der Waals surface area contributed by atoms with E-state index in [1.165, 1.54) is 0 Å². The minimum Gasteiger partial charge on any atom is -0.494 e. The molecular weight excluding hydrogens is 291 g/mol. The lowest BCUT2D eigenvalue weighted by atomic mass is 10.00.